The van der Waals surface area contributed by atoms with Gasteiger partial charge in [-0.3, -0.25) is 0 Å². The van der Waals surface area contributed by atoms with Crippen LogP contribution in [0.15, 0.2) is 36.4 Å². The molecule has 0 aliphatic rings. The molecule has 0 aliphatic carbocycles. The van der Waals surface area contributed by atoms with Crippen LogP contribution in [0.1, 0.15) is 18.9 Å². The molecule has 0 amide bonds. The molecule has 0 heterocycles. The molecule has 0 spiro atoms. The summed E-state index contributed by atoms with van der Waals surface area (Å²) in [4.78, 5) is 0. The van der Waals surface area contributed by atoms with E-state index in [4.69, 9.17) is 6.42 Å². The second-order valence-electron chi connectivity index (χ2n) is 2.56. The summed E-state index contributed by atoms with van der Waals surface area (Å²) in [5.41, 5.74) is 2.44. The summed E-state index contributed by atoms with van der Waals surface area (Å²) >= 11 is 0. The highest BCUT2D eigenvalue weighted by Gasteiger charge is 1.95. The lowest BCUT2D eigenvalue weighted by Crippen LogP contribution is -1.80. The van der Waals surface area contributed by atoms with Gasteiger partial charge in [0, 0.05) is 0 Å². The molecule has 0 N–H and O–H groups in total. The van der Waals surface area contributed by atoms with E-state index in [0.29, 0.717) is 0 Å². The van der Waals surface area contributed by atoms with E-state index in [-0.39, 0.29) is 0 Å². The Balaban J connectivity index is 2.98. The van der Waals surface area contributed by atoms with E-state index in [9.17, 15) is 0 Å². The van der Waals surface area contributed by atoms with E-state index < -0.39 is 0 Å². The topological polar surface area (TPSA) is 0 Å². The van der Waals surface area contributed by atoms with Gasteiger partial charge in [-0.25, -0.2) is 0 Å². The van der Waals surface area contributed by atoms with Crippen LogP contribution in [0.4, 0.5) is 0 Å². The van der Waals surface area contributed by atoms with Crippen molar-refractivity contribution < 1.29 is 0 Å². The summed E-state index contributed by atoms with van der Waals surface area (Å²) in [5, 5.41) is 0. The Bertz CT molecular complexity index is 299. The van der Waals surface area contributed by atoms with Crippen molar-refractivity contribution in [2.75, 3.05) is 0 Å². The molecule has 0 unspecified atom stereocenters. The van der Waals surface area contributed by atoms with E-state index >= 15 is 0 Å². The highest BCUT2D eigenvalue weighted by atomic mass is 14.0. The van der Waals surface area contributed by atoms with Crippen LogP contribution < -0.4 is 0 Å². The monoisotopic (exact) mass is 156 g/mol. The largest absolute Gasteiger partial charge is 0.115 e. The zero-order valence-electron chi connectivity index (χ0n) is 7.25. The number of terminal acetylenes is 1. The molecular weight excluding hydrogens is 144 g/mol. The fourth-order valence-corrected chi connectivity index (χ4v) is 1.14. The minimum absolute atomic E-state index is 0.980. The lowest BCUT2D eigenvalue weighted by Gasteiger charge is -2.01. The number of benzene rings is 1. The zero-order chi connectivity index (χ0) is 8.81. The van der Waals surface area contributed by atoms with Crippen molar-refractivity contribution in [3.8, 4) is 12.3 Å². The minimum Gasteiger partial charge on any atom is -0.115 e. The Hall–Kier alpha value is -1.48. The van der Waals surface area contributed by atoms with Crippen LogP contribution in [0, 0.1) is 12.3 Å². The first-order chi connectivity index (χ1) is 5.88. The van der Waals surface area contributed by atoms with Gasteiger partial charge in [0.15, 0.2) is 0 Å². The van der Waals surface area contributed by atoms with E-state index in [1.54, 1.807) is 0 Å². The van der Waals surface area contributed by atoms with Crippen molar-refractivity contribution in [2.24, 2.45) is 0 Å². The van der Waals surface area contributed by atoms with Crippen molar-refractivity contribution in [1.82, 2.24) is 0 Å². The minimum atomic E-state index is 0.980. The van der Waals surface area contributed by atoms with E-state index in [0.717, 1.165) is 6.42 Å². The fraction of sp³-hybridized carbons (Fsp3) is 0.167. The third-order valence-electron chi connectivity index (χ3n) is 1.78. The van der Waals surface area contributed by atoms with Gasteiger partial charge in [-0.15, -0.1) is 6.42 Å². The molecule has 0 nitrogen and oxygen atoms in total. The molecule has 0 radical (unpaired) electrons. The Morgan fingerprint density at radius 3 is 2.58 bits per heavy atom. The van der Waals surface area contributed by atoms with Gasteiger partial charge < -0.3 is 0 Å². The third-order valence-corrected chi connectivity index (χ3v) is 1.78. The summed E-state index contributed by atoms with van der Waals surface area (Å²) in [6.07, 6.45) is 8.03. The molecule has 0 heteroatoms. The van der Waals surface area contributed by atoms with Crippen molar-refractivity contribution in [2.45, 2.75) is 13.3 Å². The van der Waals surface area contributed by atoms with Crippen LogP contribution in [-0.4, -0.2) is 0 Å². The molecule has 0 saturated heterocycles. The predicted octanol–water partition coefficient (Wildman–Crippen LogP) is 3.11. The molecule has 1 aromatic rings. The van der Waals surface area contributed by atoms with Crippen LogP contribution in [0.2, 0.25) is 0 Å². The van der Waals surface area contributed by atoms with Crippen LogP contribution in [0.25, 0.3) is 5.57 Å². The summed E-state index contributed by atoms with van der Waals surface area (Å²) in [7, 11) is 0. The summed E-state index contributed by atoms with van der Waals surface area (Å²) in [6.45, 7) is 2.11. The smallest absolute Gasteiger partial charge is 0.00836 e. The highest BCUT2D eigenvalue weighted by Crippen LogP contribution is 2.16. The standard InChI is InChI=1S/C12H12/c1-3-8-11(4-2)12-9-6-5-7-10-12/h1,5-10H,4H2,2H3/b11-8+. The molecule has 0 bridgehead atoms. The van der Waals surface area contributed by atoms with Gasteiger partial charge in [-0.1, -0.05) is 43.2 Å². The Labute approximate surface area is 73.9 Å². The lowest BCUT2D eigenvalue weighted by atomic mass is 10.0. The molecule has 0 aliphatic heterocycles. The van der Waals surface area contributed by atoms with Gasteiger partial charge in [-0.05, 0) is 23.6 Å². The van der Waals surface area contributed by atoms with Crippen molar-refractivity contribution in [3.05, 3.63) is 42.0 Å². The number of rotatable bonds is 2. The third kappa shape index (κ3) is 2.00. The van der Waals surface area contributed by atoms with Crippen molar-refractivity contribution in [1.29, 1.82) is 0 Å². The number of allylic oxidation sites excluding steroid dienone is 2. The first-order valence-electron chi connectivity index (χ1n) is 4.09. The quantitative estimate of drug-likeness (QED) is 0.577. The second-order valence-corrected chi connectivity index (χ2v) is 2.56. The molecule has 12 heavy (non-hydrogen) atoms. The highest BCUT2D eigenvalue weighted by molar-refractivity contribution is 5.67. The van der Waals surface area contributed by atoms with Crippen LogP contribution in [-0.2, 0) is 0 Å². The molecular formula is C12H12. The van der Waals surface area contributed by atoms with E-state index in [1.165, 1.54) is 11.1 Å². The summed E-state index contributed by atoms with van der Waals surface area (Å²) in [6, 6.07) is 10.2. The SMILES string of the molecule is C#C/C=C(\CC)c1ccccc1. The summed E-state index contributed by atoms with van der Waals surface area (Å²) in [5.74, 6) is 2.56. The molecule has 1 aromatic carbocycles. The maximum absolute atomic E-state index is 5.22. The van der Waals surface area contributed by atoms with Crippen molar-refractivity contribution in [3.63, 3.8) is 0 Å². The maximum Gasteiger partial charge on any atom is -0.00836 e. The average Bonchev–Trinajstić information content (AvgIpc) is 2.15. The van der Waals surface area contributed by atoms with E-state index in [2.05, 4.69) is 25.0 Å². The first-order valence-corrected chi connectivity index (χ1v) is 4.09. The Kier molecular flexibility index (Phi) is 3.17. The van der Waals surface area contributed by atoms with Gasteiger partial charge in [0.25, 0.3) is 0 Å². The van der Waals surface area contributed by atoms with E-state index in [1.807, 2.05) is 24.3 Å². The van der Waals surface area contributed by atoms with Gasteiger partial charge in [0.2, 0.25) is 0 Å². The molecule has 1 rings (SSSR count). The number of hydrogen-bond donors (Lipinski definition) is 0. The molecule has 0 saturated carbocycles. The van der Waals surface area contributed by atoms with Gasteiger partial charge in [0.05, 0.1) is 0 Å². The second kappa shape index (κ2) is 4.41. The first kappa shape index (κ1) is 8.62. The summed E-state index contributed by atoms with van der Waals surface area (Å²) < 4.78 is 0. The lowest BCUT2D eigenvalue weighted by molar-refractivity contribution is 1.24. The van der Waals surface area contributed by atoms with Crippen molar-refractivity contribution >= 4 is 5.57 Å². The molecule has 60 valence electrons. The Morgan fingerprint density at radius 1 is 1.42 bits per heavy atom. The zero-order valence-corrected chi connectivity index (χ0v) is 7.25. The van der Waals surface area contributed by atoms with Gasteiger partial charge in [0.1, 0.15) is 0 Å². The van der Waals surface area contributed by atoms with Crippen LogP contribution in [0.5, 0.6) is 0 Å². The van der Waals surface area contributed by atoms with Crippen LogP contribution in [0.3, 0.4) is 0 Å². The average molecular weight is 156 g/mol. The van der Waals surface area contributed by atoms with Gasteiger partial charge in [-0.2, -0.15) is 0 Å². The number of hydrogen-bond acceptors (Lipinski definition) is 0. The van der Waals surface area contributed by atoms with Gasteiger partial charge >= 0.3 is 0 Å². The molecule has 0 aromatic heterocycles. The van der Waals surface area contributed by atoms with Crippen LogP contribution >= 0.6 is 0 Å². The Morgan fingerprint density at radius 2 is 2.08 bits per heavy atom. The molecule has 0 atom stereocenters. The normalized spacial score (nSPS) is 10.8. The predicted molar refractivity (Wildman–Crippen MR) is 53.5 cm³/mol. The fourth-order valence-electron chi connectivity index (χ4n) is 1.14. The maximum atomic E-state index is 5.22. The molecule has 0 fully saturated rings.